The predicted octanol–water partition coefficient (Wildman–Crippen LogP) is 3.09. The molecule has 0 saturated heterocycles. The fourth-order valence-corrected chi connectivity index (χ4v) is 1.96. The Kier molecular flexibility index (Phi) is 3.14. The number of aromatic nitrogens is 1. The van der Waals surface area contributed by atoms with Crippen LogP contribution in [-0.4, -0.2) is 16.6 Å². The Labute approximate surface area is 87.0 Å². The van der Waals surface area contributed by atoms with Gasteiger partial charge in [0.2, 0.25) is 0 Å². The smallest absolute Gasteiger partial charge is 0.0559 e. The summed E-state index contributed by atoms with van der Waals surface area (Å²) < 4.78 is 0. The minimum atomic E-state index is 0.136. The second kappa shape index (κ2) is 3.99. The lowest BCUT2D eigenvalue weighted by Gasteiger charge is -2.40. The molecule has 1 aromatic rings. The van der Waals surface area contributed by atoms with Crippen LogP contribution in [0.5, 0.6) is 0 Å². The molecule has 0 N–H and O–H groups in total. The molecule has 0 atom stereocenters. The lowest BCUT2D eigenvalue weighted by molar-refractivity contribution is 0.465. The van der Waals surface area contributed by atoms with Crippen molar-refractivity contribution in [2.45, 2.75) is 46.2 Å². The standard InChI is InChI=1S/C12H20N2/c1-10(2)14(12(3,4)5)11-7-6-8-13-9-11/h6-10H,1-5H3. The van der Waals surface area contributed by atoms with E-state index in [0.717, 1.165) is 0 Å². The molecule has 0 fully saturated rings. The van der Waals surface area contributed by atoms with E-state index in [2.05, 4.69) is 50.6 Å². The van der Waals surface area contributed by atoms with Crippen molar-refractivity contribution in [2.24, 2.45) is 0 Å². The van der Waals surface area contributed by atoms with Gasteiger partial charge in [0, 0.05) is 17.8 Å². The van der Waals surface area contributed by atoms with Gasteiger partial charge in [-0.15, -0.1) is 0 Å². The summed E-state index contributed by atoms with van der Waals surface area (Å²) in [6.07, 6.45) is 3.73. The zero-order valence-corrected chi connectivity index (χ0v) is 9.78. The molecule has 0 bridgehead atoms. The predicted molar refractivity (Wildman–Crippen MR) is 61.6 cm³/mol. The van der Waals surface area contributed by atoms with Crippen LogP contribution in [0.4, 0.5) is 5.69 Å². The molecule has 2 heteroatoms. The Hall–Kier alpha value is -1.05. The summed E-state index contributed by atoms with van der Waals surface area (Å²) in [7, 11) is 0. The first kappa shape index (κ1) is 11.0. The van der Waals surface area contributed by atoms with E-state index < -0.39 is 0 Å². The summed E-state index contributed by atoms with van der Waals surface area (Å²) in [6.45, 7) is 11.1. The number of pyridine rings is 1. The number of anilines is 1. The minimum Gasteiger partial charge on any atom is -0.363 e. The van der Waals surface area contributed by atoms with Crippen molar-refractivity contribution >= 4 is 5.69 Å². The van der Waals surface area contributed by atoms with Crippen LogP contribution in [0.15, 0.2) is 24.5 Å². The summed E-state index contributed by atoms with van der Waals surface area (Å²) in [5.74, 6) is 0. The molecule has 0 aliphatic carbocycles. The van der Waals surface area contributed by atoms with E-state index in [4.69, 9.17) is 0 Å². The van der Waals surface area contributed by atoms with Crippen LogP contribution < -0.4 is 4.90 Å². The molecular weight excluding hydrogens is 172 g/mol. The van der Waals surface area contributed by atoms with Crippen LogP contribution in [0.3, 0.4) is 0 Å². The highest BCUT2D eigenvalue weighted by Crippen LogP contribution is 2.25. The lowest BCUT2D eigenvalue weighted by Crippen LogP contribution is -2.46. The van der Waals surface area contributed by atoms with Crippen LogP contribution in [-0.2, 0) is 0 Å². The summed E-state index contributed by atoms with van der Waals surface area (Å²) in [5.41, 5.74) is 1.33. The molecule has 0 amide bonds. The normalized spacial score (nSPS) is 11.9. The van der Waals surface area contributed by atoms with E-state index in [0.29, 0.717) is 6.04 Å². The molecule has 0 unspecified atom stereocenters. The molecule has 2 nitrogen and oxygen atoms in total. The molecule has 1 aromatic heterocycles. The summed E-state index contributed by atoms with van der Waals surface area (Å²) in [5, 5.41) is 0. The fraction of sp³-hybridized carbons (Fsp3) is 0.583. The van der Waals surface area contributed by atoms with Crippen molar-refractivity contribution in [3.8, 4) is 0 Å². The summed E-state index contributed by atoms with van der Waals surface area (Å²) in [4.78, 5) is 6.53. The molecule has 78 valence electrons. The highest BCUT2D eigenvalue weighted by molar-refractivity contribution is 5.47. The molecule has 0 aliphatic rings. The van der Waals surface area contributed by atoms with Crippen LogP contribution in [0.2, 0.25) is 0 Å². The average Bonchev–Trinajstić information content (AvgIpc) is 2.02. The Morgan fingerprint density at radius 1 is 1.29 bits per heavy atom. The molecule has 0 aromatic carbocycles. The first-order valence-electron chi connectivity index (χ1n) is 5.12. The van der Waals surface area contributed by atoms with Crippen LogP contribution in [0, 0.1) is 0 Å². The highest BCUT2D eigenvalue weighted by atomic mass is 15.2. The monoisotopic (exact) mass is 192 g/mol. The zero-order valence-electron chi connectivity index (χ0n) is 9.78. The van der Waals surface area contributed by atoms with Gasteiger partial charge in [0.15, 0.2) is 0 Å². The number of rotatable bonds is 2. The van der Waals surface area contributed by atoms with Crippen molar-refractivity contribution in [2.75, 3.05) is 4.90 Å². The maximum Gasteiger partial charge on any atom is 0.0559 e. The van der Waals surface area contributed by atoms with Gasteiger partial charge in [0.1, 0.15) is 0 Å². The Morgan fingerprint density at radius 2 is 1.93 bits per heavy atom. The van der Waals surface area contributed by atoms with Gasteiger partial charge in [-0.1, -0.05) is 0 Å². The van der Waals surface area contributed by atoms with Gasteiger partial charge >= 0.3 is 0 Å². The third kappa shape index (κ3) is 2.47. The number of hydrogen-bond acceptors (Lipinski definition) is 2. The van der Waals surface area contributed by atoms with Crippen molar-refractivity contribution in [3.63, 3.8) is 0 Å². The summed E-state index contributed by atoms with van der Waals surface area (Å²) in [6, 6.07) is 4.58. The van der Waals surface area contributed by atoms with Crippen LogP contribution in [0.1, 0.15) is 34.6 Å². The van der Waals surface area contributed by atoms with Crippen molar-refractivity contribution in [3.05, 3.63) is 24.5 Å². The fourth-order valence-electron chi connectivity index (χ4n) is 1.96. The van der Waals surface area contributed by atoms with E-state index >= 15 is 0 Å². The second-order valence-corrected chi connectivity index (χ2v) is 4.85. The largest absolute Gasteiger partial charge is 0.363 e. The first-order chi connectivity index (χ1) is 6.43. The van der Waals surface area contributed by atoms with E-state index in [1.807, 2.05) is 18.5 Å². The van der Waals surface area contributed by atoms with Gasteiger partial charge in [-0.3, -0.25) is 4.98 Å². The number of nitrogens with zero attached hydrogens (tertiary/aromatic N) is 2. The van der Waals surface area contributed by atoms with Crippen molar-refractivity contribution in [1.82, 2.24) is 4.98 Å². The molecule has 0 saturated carbocycles. The van der Waals surface area contributed by atoms with Crippen molar-refractivity contribution in [1.29, 1.82) is 0 Å². The summed E-state index contributed by atoms with van der Waals surface area (Å²) >= 11 is 0. The van der Waals surface area contributed by atoms with Crippen LogP contribution in [0.25, 0.3) is 0 Å². The van der Waals surface area contributed by atoms with Crippen LogP contribution >= 0.6 is 0 Å². The average molecular weight is 192 g/mol. The molecule has 1 heterocycles. The number of hydrogen-bond donors (Lipinski definition) is 0. The van der Waals surface area contributed by atoms with Gasteiger partial charge in [-0.05, 0) is 46.8 Å². The van der Waals surface area contributed by atoms with Gasteiger partial charge in [-0.25, -0.2) is 0 Å². The first-order valence-corrected chi connectivity index (χ1v) is 5.12. The SMILES string of the molecule is CC(C)N(c1cccnc1)C(C)(C)C. The molecule has 1 rings (SSSR count). The van der Waals surface area contributed by atoms with E-state index in [1.165, 1.54) is 5.69 Å². The Morgan fingerprint density at radius 3 is 2.29 bits per heavy atom. The second-order valence-electron chi connectivity index (χ2n) is 4.85. The molecule has 14 heavy (non-hydrogen) atoms. The topological polar surface area (TPSA) is 16.1 Å². The minimum absolute atomic E-state index is 0.136. The quantitative estimate of drug-likeness (QED) is 0.715. The van der Waals surface area contributed by atoms with Gasteiger partial charge in [-0.2, -0.15) is 0 Å². The molecule has 0 aliphatic heterocycles. The van der Waals surface area contributed by atoms with E-state index in [1.54, 1.807) is 0 Å². The Balaban J connectivity index is 3.02. The Bertz CT molecular complexity index is 272. The maximum atomic E-state index is 4.16. The molecular formula is C12H20N2. The third-order valence-corrected chi connectivity index (χ3v) is 2.16. The molecule has 0 radical (unpaired) electrons. The van der Waals surface area contributed by atoms with Gasteiger partial charge in [0.05, 0.1) is 11.9 Å². The van der Waals surface area contributed by atoms with Gasteiger partial charge in [0.25, 0.3) is 0 Å². The van der Waals surface area contributed by atoms with E-state index in [-0.39, 0.29) is 5.54 Å². The van der Waals surface area contributed by atoms with E-state index in [9.17, 15) is 0 Å². The van der Waals surface area contributed by atoms with Crippen molar-refractivity contribution < 1.29 is 0 Å². The third-order valence-electron chi connectivity index (χ3n) is 2.16. The molecule has 0 spiro atoms. The van der Waals surface area contributed by atoms with Gasteiger partial charge < -0.3 is 4.90 Å². The highest BCUT2D eigenvalue weighted by Gasteiger charge is 2.23. The zero-order chi connectivity index (χ0) is 10.8. The lowest BCUT2D eigenvalue weighted by atomic mass is 10.0. The maximum absolute atomic E-state index is 4.16.